The molecule has 2 heterocycles. The lowest BCUT2D eigenvalue weighted by Gasteiger charge is -2.45. The van der Waals surface area contributed by atoms with E-state index in [-0.39, 0.29) is 30.3 Å². The summed E-state index contributed by atoms with van der Waals surface area (Å²) < 4.78 is 6.40. The maximum atomic E-state index is 9.66. The minimum Gasteiger partial charge on any atom is -0.394 e. The number of hydrogen-bond donors (Lipinski definition) is 2. The monoisotopic (exact) mass is 351 g/mol. The minimum absolute atomic E-state index is 0.0321. The summed E-state index contributed by atoms with van der Waals surface area (Å²) in [6, 6.07) is 17.6. The molecule has 1 fully saturated rings. The number of aliphatic hydroxyl groups excluding tert-OH is 1. The van der Waals surface area contributed by atoms with Crippen molar-refractivity contribution in [1.82, 2.24) is 0 Å². The Hall–Kier alpha value is -1.84. The van der Waals surface area contributed by atoms with Crippen LogP contribution >= 0.6 is 0 Å². The summed E-state index contributed by atoms with van der Waals surface area (Å²) in [6.45, 7) is 6.83. The average Bonchev–Trinajstić information content (AvgIpc) is 2.66. The number of anilines is 1. The van der Waals surface area contributed by atoms with E-state index in [2.05, 4.69) is 74.6 Å². The number of nitrogens with one attached hydrogen (secondary N) is 1. The second kappa shape index (κ2) is 6.71. The predicted molar refractivity (Wildman–Crippen MR) is 105 cm³/mol. The molecule has 2 aliphatic rings. The first-order valence-electron chi connectivity index (χ1n) is 9.69. The molecular weight excluding hydrogens is 322 g/mol. The van der Waals surface area contributed by atoms with Crippen molar-refractivity contribution in [2.75, 3.05) is 11.9 Å². The molecule has 2 aromatic rings. The van der Waals surface area contributed by atoms with E-state index in [1.807, 2.05) is 0 Å². The van der Waals surface area contributed by atoms with Crippen molar-refractivity contribution >= 4 is 5.69 Å². The van der Waals surface area contributed by atoms with Crippen molar-refractivity contribution in [3.63, 3.8) is 0 Å². The summed E-state index contributed by atoms with van der Waals surface area (Å²) in [6.07, 6.45) is 1.94. The summed E-state index contributed by atoms with van der Waals surface area (Å²) in [5.74, 6) is 0.378. The molecule has 3 heteroatoms. The summed E-state index contributed by atoms with van der Waals surface area (Å²) >= 11 is 0. The van der Waals surface area contributed by atoms with Gasteiger partial charge >= 0.3 is 0 Å². The van der Waals surface area contributed by atoms with Crippen LogP contribution in [0.2, 0.25) is 0 Å². The maximum absolute atomic E-state index is 9.66. The van der Waals surface area contributed by atoms with Crippen LogP contribution < -0.4 is 5.32 Å². The first-order valence-corrected chi connectivity index (χ1v) is 9.69. The lowest BCUT2D eigenvalue weighted by atomic mass is 9.75. The van der Waals surface area contributed by atoms with Crippen molar-refractivity contribution < 1.29 is 9.84 Å². The van der Waals surface area contributed by atoms with Gasteiger partial charge in [-0.3, -0.25) is 0 Å². The van der Waals surface area contributed by atoms with Gasteiger partial charge in [-0.15, -0.1) is 0 Å². The van der Waals surface area contributed by atoms with Crippen LogP contribution in [0.25, 0.3) is 0 Å². The fourth-order valence-electron chi connectivity index (χ4n) is 4.35. The van der Waals surface area contributed by atoms with Gasteiger partial charge in [0.15, 0.2) is 0 Å². The first-order chi connectivity index (χ1) is 12.5. The molecule has 0 aliphatic carbocycles. The SMILES string of the molecule is CC(C)(C)c1ccc2c(c1)[C@H]1OC(CO)CC[C@H]1[C@H](c1ccccc1)N2. The van der Waals surface area contributed by atoms with Gasteiger partial charge in [-0.2, -0.15) is 0 Å². The second-order valence-electron chi connectivity index (χ2n) is 8.69. The van der Waals surface area contributed by atoms with Crippen molar-refractivity contribution in [1.29, 1.82) is 0 Å². The standard InChI is InChI=1S/C23H29NO2/c1-23(2,3)16-9-12-20-19(13-16)22-18(11-10-17(14-25)26-22)21(24-20)15-7-5-4-6-8-15/h4-9,12-13,17-18,21-22,24-25H,10-11,14H2,1-3H3/t17?,18-,21-,22-/m0/s1. The van der Waals surface area contributed by atoms with Crippen LogP contribution in [-0.2, 0) is 10.2 Å². The van der Waals surface area contributed by atoms with Crippen LogP contribution in [0.15, 0.2) is 48.5 Å². The molecular formula is C23H29NO2. The minimum atomic E-state index is -0.0584. The van der Waals surface area contributed by atoms with E-state index < -0.39 is 0 Å². The van der Waals surface area contributed by atoms with Crippen LogP contribution in [-0.4, -0.2) is 17.8 Å². The van der Waals surface area contributed by atoms with Gasteiger partial charge in [-0.05, 0) is 35.4 Å². The molecule has 3 nitrogen and oxygen atoms in total. The molecule has 138 valence electrons. The number of rotatable bonds is 2. The van der Waals surface area contributed by atoms with Crippen molar-refractivity contribution in [2.24, 2.45) is 5.92 Å². The molecule has 0 saturated carbocycles. The lowest BCUT2D eigenvalue weighted by molar-refractivity contribution is -0.110. The smallest absolute Gasteiger partial charge is 0.0900 e. The summed E-state index contributed by atoms with van der Waals surface area (Å²) in [5.41, 5.74) is 5.13. The normalized spacial score (nSPS) is 28.0. The molecule has 0 amide bonds. The van der Waals surface area contributed by atoms with Gasteiger partial charge in [0.25, 0.3) is 0 Å². The van der Waals surface area contributed by atoms with E-state index in [4.69, 9.17) is 4.74 Å². The topological polar surface area (TPSA) is 41.5 Å². The third kappa shape index (κ3) is 3.15. The van der Waals surface area contributed by atoms with Crippen molar-refractivity contribution in [2.45, 2.75) is 57.3 Å². The number of benzene rings is 2. The number of aliphatic hydroxyl groups is 1. The van der Waals surface area contributed by atoms with Gasteiger partial charge in [0.1, 0.15) is 0 Å². The van der Waals surface area contributed by atoms with E-state index in [9.17, 15) is 5.11 Å². The molecule has 2 aliphatic heterocycles. The molecule has 1 unspecified atom stereocenters. The van der Waals surface area contributed by atoms with E-state index >= 15 is 0 Å². The zero-order valence-electron chi connectivity index (χ0n) is 15.9. The summed E-state index contributed by atoms with van der Waals surface area (Å²) in [4.78, 5) is 0. The van der Waals surface area contributed by atoms with Crippen LogP contribution in [0.1, 0.15) is 62.4 Å². The van der Waals surface area contributed by atoms with E-state index in [1.54, 1.807) is 0 Å². The lowest BCUT2D eigenvalue weighted by Crippen LogP contribution is -2.40. The Bertz CT molecular complexity index is 766. The summed E-state index contributed by atoms with van der Waals surface area (Å²) in [5, 5.41) is 13.4. The van der Waals surface area contributed by atoms with Crippen LogP contribution in [0.3, 0.4) is 0 Å². The van der Waals surface area contributed by atoms with E-state index in [1.165, 1.54) is 16.7 Å². The molecule has 0 aromatic heterocycles. The van der Waals surface area contributed by atoms with Gasteiger partial charge in [-0.25, -0.2) is 0 Å². The van der Waals surface area contributed by atoms with Gasteiger partial charge in [0.05, 0.1) is 24.9 Å². The zero-order chi connectivity index (χ0) is 18.3. The highest BCUT2D eigenvalue weighted by Crippen LogP contribution is 2.50. The fraction of sp³-hybridized carbons (Fsp3) is 0.478. The molecule has 2 N–H and O–H groups in total. The molecule has 4 atom stereocenters. The Kier molecular flexibility index (Phi) is 4.54. The molecule has 1 saturated heterocycles. The molecule has 2 aromatic carbocycles. The zero-order valence-corrected chi connectivity index (χ0v) is 15.9. The van der Waals surface area contributed by atoms with Gasteiger partial charge in [0.2, 0.25) is 0 Å². The van der Waals surface area contributed by atoms with Crippen LogP contribution in [0.4, 0.5) is 5.69 Å². The van der Waals surface area contributed by atoms with E-state index in [0.717, 1.165) is 18.5 Å². The third-order valence-electron chi connectivity index (χ3n) is 5.88. The molecule has 4 rings (SSSR count). The maximum Gasteiger partial charge on any atom is 0.0900 e. The van der Waals surface area contributed by atoms with Gasteiger partial charge in [-0.1, -0.05) is 63.2 Å². The van der Waals surface area contributed by atoms with Crippen molar-refractivity contribution in [3.8, 4) is 0 Å². The predicted octanol–water partition coefficient (Wildman–Crippen LogP) is 4.98. The Morgan fingerprint density at radius 1 is 1.08 bits per heavy atom. The molecule has 26 heavy (non-hydrogen) atoms. The Morgan fingerprint density at radius 3 is 2.54 bits per heavy atom. The second-order valence-corrected chi connectivity index (χ2v) is 8.69. The van der Waals surface area contributed by atoms with Gasteiger partial charge < -0.3 is 15.2 Å². The highest BCUT2D eigenvalue weighted by Gasteiger charge is 2.42. The highest BCUT2D eigenvalue weighted by molar-refractivity contribution is 5.59. The van der Waals surface area contributed by atoms with Crippen molar-refractivity contribution in [3.05, 3.63) is 65.2 Å². The average molecular weight is 351 g/mol. The third-order valence-corrected chi connectivity index (χ3v) is 5.88. The Labute approximate surface area is 156 Å². The highest BCUT2D eigenvalue weighted by atomic mass is 16.5. The summed E-state index contributed by atoms with van der Waals surface area (Å²) in [7, 11) is 0. The Balaban J connectivity index is 1.77. The first kappa shape index (κ1) is 17.6. The number of ether oxygens (including phenoxy) is 1. The molecule has 0 spiro atoms. The molecule has 0 bridgehead atoms. The van der Waals surface area contributed by atoms with Crippen LogP contribution in [0.5, 0.6) is 0 Å². The van der Waals surface area contributed by atoms with Crippen LogP contribution in [0, 0.1) is 5.92 Å². The fourth-order valence-corrected chi connectivity index (χ4v) is 4.35. The number of fused-ring (bicyclic) bond motifs is 3. The largest absolute Gasteiger partial charge is 0.394 e. The van der Waals surface area contributed by atoms with Gasteiger partial charge in [0, 0.05) is 17.2 Å². The number of hydrogen-bond acceptors (Lipinski definition) is 3. The van der Waals surface area contributed by atoms with E-state index in [0.29, 0.717) is 5.92 Å². The molecule has 0 radical (unpaired) electrons. The quantitative estimate of drug-likeness (QED) is 0.802. The Morgan fingerprint density at radius 2 is 1.85 bits per heavy atom.